The lowest BCUT2D eigenvalue weighted by Gasteiger charge is -2.34. The Kier molecular flexibility index (Phi) is 4.93. The van der Waals surface area contributed by atoms with Crippen LogP contribution in [0, 0.1) is 5.92 Å². The first-order chi connectivity index (χ1) is 7.93. The van der Waals surface area contributed by atoms with Crippen LogP contribution in [0.25, 0.3) is 0 Å². The van der Waals surface area contributed by atoms with Crippen LogP contribution in [0.15, 0.2) is 0 Å². The summed E-state index contributed by atoms with van der Waals surface area (Å²) in [5, 5.41) is 9.09. The molecule has 1 rings (SSSR count). The van der Waals surface area contributed by atoms with Crippen LogP contribution in [0.3, 0.4) is 0 Å². The average Bonchev–Trinajstić information content (AvgIpc) is 2.27. The Bertz CT molecular complexity index is 291. The fraction of sp³-hybridized carbons (Fsp3) is 0.833. The van der Waals surface area contributed by atoms with Gasteiger partial charge in [0.2, 0.25) is 5.91 Å². The molecule has 1 aliphatic heterocycles. The van der Waals surface area contributed by atoms with E-state index in [1.165, 1.54) is 4.90 Å². The lowest BCUT2D eigenvalue weighted by Crippen LogP contribution is -2.53. The summed E-state index contributed by atoms with van der Waals surface area (Å²) >= 11 is 0. The molecule has 5 nitrogen and oxygen atoms in total. The van der Waals surface area contributed by atoms with Crippen LogP contribution in [0.1, 0.15) is 39.5 Å². The topological polar surface area (TPSA) is 83.6 Å². The standard InChI is InChI=1S/C12H22N2O3/c1-8(2)7-9(13)11(15)14-6-4-3-5-10(14)12(16)17/h8-10H,3-7,13H2,1-2H3,(H,16,17)/t9-,10+/m1/s1. The van der Waals surface area contributed by atoms with E-state index in [9.17, 15) is 9.59 Å². The van der Waals surface area contributed by atoms with E-state index >= 15 is 0 Å². The molecule has 5 heteroatoms. The lowest BCUT2D eigenvalue weighted by molar-refractivity contribution is -0.152. The first-order valence-electron chi connectivity index (χ1n) is 6.22. The van der Waals surface area contributed by atoms with Crippen molar-refractivity contribution < 1.29 is 14.7 Å². The second kappa shape index (κ2) is 6.00. The van der Waals surface area contributed by atoms with Gasteiger partial charge in [-0.05, 0) is 31.6 Å². The van der Waals surface area contributed by atoms with Crippen LogP contribution >= 0.6 is 0 Å². The maximum Gasteiger partial charge on any atom is 0.326 e. The minimum Gasteiger partial charge on any atom is -0.480 e. The predicted octanol–water partition coefficient (Wildman–Crippen LogP) is 0.825. The van der Waals surface area contributed by atoms with Gasteiger partial charge < -0.3 is 15.7 Å². The molecule has 1 aliphatic rings. The van der Waals surface area contributed by atoms with E-state index in [0.29, 0.717) is 25.3 Å². The highest BCUT2D eigenvalue weighted by Crippen LogP contribution is 2.19. The number of amides is 1. The van der Waals surface area contributed by atoms with Crippen LogP contribution in [0.5, 0.6) is 0 Å². The maximum atomic E-state index is 12.1. The van der Waals surface area contributed by atoms with Gasteiger partial charge in [-0.3, -0.25) is 4.79 Å². The number of piperidine rings is 1. The number of nitrogens with zero attached hydrogens (tertiary/aromatic N) is 1. The van der Waals surface area contributed by atoms with E-state index < -0.39 is 18.1 Å². The van der Waals surface area contributed by atoms with E-state index in [1.54, 1.807) is 0 Å². The van der Waals surface area contributed by atoms with Crippen molar-refractivity contribution in [2.24, 2.45) is 11.7 Å². The number of carbonyl (C=O) groups excluding carboxylic acids is 1. The molecule has 0 bridgehead atoms. The Morgan fingerprint density at radius 2 is 2.06 bits per heavy atom. The molecule has 1 fully saturated rings. The minimum absolute atomic E-state index is 0.217. The number of carboxylic acids is 1. The second-order valence-electron chi connectivity index (χ2n) is 5.12. The molecule has 17 heavy (non-hydrogen) atoms. The fourth-order valence-electron chi connectivity index (χ4n) is 2.27. The lowest BCUT2D eigenvalue weighted by atomic mass is 9.98. The molecule has 0 radical (unpaired) electrons. The summed E-state index contributed by atoms with van der Waals surface area (Å²) in [4.78, 5) is 24.6. The Balaban J connectivity index is 2.67. The molecule has 0 saturated carbocycles. The van der Waals surface area contributed by atoms with Crippen LogP contribution in [0.2, 0.25) is 0 Å². The van der Waals surface area contributed by atoms with Gasteiger partial charge in [0.05, 0.1) is 6.04 Å². The first kappa shape index (κ1) is 14.0. The van der Waals surface area contributed by atoms with Gasteiger partial charge in [-0.25, -0.2) is 4.79 Å². The maximum absolute atomic E-state index is 12.1. The molecule has 0 aromatic carbocycles. The van der Waals surface area contributed by atoms with E-state index in [0.717, 1.165) is 12.8 Å². The third-order valence-electron chi connectivity index (χ3n) is 3.11. The average molecular weight is 242 g/mol. The van der Waals surface area contributed by atoms with Crippen molar-refractivity contribution >= 4 is 11.9 Å². The van der Waals surface area contributed by atoms with E-state index in [2.05, 4.69) is 0 Å². The van der Waals surface area contributed by atoms with Gasteiger partial charge in [0.15, 0.2) is 0 Å². The van der Waals surface area contributed by atoms with E-state index in [4.69, 9.17) is 10.8 Å². The summed E-state index contributed by atoms with van der Waals surface area (Å²) in [7, 11) is 0. The number of hydrogen-bond donors (Lipinski definition) is 2. The highest BCUT2D eigenvalue weighted by molar-refractivity contribution is 5.87. The molecule has 0 unspecified atom stereocenters. The van der Waals surface area contributed by atoms with Crippen LogP contribution in [-0.2, 0) is 9.59 Å². The van der Waals surface area contributed by atoms with E-state index in [1.807, 2.05) is 13.8 Å². The van der Waals surface area contributed by atoms with Crippen molar-refractivity contribution in [1.82, 2.24) is 4.90 Å². The highest BCUT2D eigenvalue weighted by Gasteiger charge is 2.34. The number of nitrogens with two attached hydrogens (primary N) is 1. The van der Waals surface area contributed by atoms with Gasteiger partial charge in [0.25, 0.3) is 0 Å². The fourth-order valence-corrected chi connectivity index (χ4v) is 2.27. The third-order valence-corrected chi connectivity index (χ3v) is 3.11. The molecule has 1 saturated heterocycles. The van der Waals surface area contributed by atoms with Gasteiger partial charge in [-0.2, -0.15) is 0 Å². The van der Waals surface area contributed by atoms with Crippen molar-refractivity contribution in [3.8, 4) is 0 Å². The summed E-state index contributed by atoms with van der Waals surface area (Å²) in [5.74, 6) is -0.803. The zero-order valence-electron chi connectivity index (χ0n) is 10.6. The molecule has 0 spiro atoms. The molecule has 1 amide bonds. The minimum atomic E-state index is -0.921. The molecular weight excluding hydrogens is 220 g/mol. The van der Waals surface area contributed by atoms with Gasteiger partial charge in [-0.15, -0.1) is 0 Å². The Labute approximate surface area is 102 Å². The molecule has 1 heterocycles. The Morgan fingerprint density at radius 3 is 2.59 bits per heavy atom. The Hall–Kier alpha value is -1.10. The second-order valence-corrected chi connectivity index (χ2v) is 5.12. The number of rotatable bonds is 4. The molecule has 2 atom stereocenters. The van der Waals surface area contributed by atoms with Gasteiger partial charge >= 0.3 is 5.97 Å². The van der Waals surface area contributed by atoms with Gasteiger partial charge in [-0.1, -0.05) is 13.8 Å². The number of carbonyl (C=O) groups is 2. The van der Waals surface area contributed by atoms with Crippen molar-refractivity contribution in [2.45, 2.75) is 51.6 Å². The summed E-state index contributed by atoms with van der Waals surface area (Å²) in [6.45, 7) is 4.51. The van der Waals surface area contributed by atoms with E-state index in [-0.39, 0.29) is 5.91 Å². The zero-order chi connectivity index (χ0) is 13.0. The summed E-state index contributed by atoms with van der Waals surface area (Å²) in [6.07, 6.45) is 2.86. The van der Waals surface area contributed by atoms with Gasteiger partial charge in [0, 0.05) is 6.54 Å². The molecule has 0 aliphatic carbocycles. The smallest absolute Gasteiger partial charge is 0.326 e. The molecular formula is C12H22N2O3. The Morgan fingerprint density at radius 1 is 1.41 bits per heavy atom. The normalized spacial score (nSPS) is 22.6. The monoisotopic (exact) mass is 242 g/mol. The van der Waals surface area contributed by atoms with Crippen molar-refractivity contribution in [3.63, 3.8) is 0 Å². The number of likely N-dealkylation sites (tertiary alicyclic amines) is 1. The zero-order valence-corrected chi connectivity index (χ0v) is 10.6. The first-order valence-corrected chi connectivity index (χ1v) is 6.22. The summed E-state index contributed by atoms with van der Waals surface area (Å²) < 4.78 is 0. The third kappa shape index (κ3) is 3.70. The van der Waals surface area contributed by atoms with Crippen LogP contribution < -0.4 is 5.73 Å². The van der Waals surface area contributed by atoms with Crippen LogP contribution in [0.4, 0.5) is 0 Å². The van der Waals surface area contributed by atoms with Crippen molar-refractivity contribution in [3.05, 3.63) is 0 Å². The van der Waals surface area contributed by atoms with Crippen molar-refractivity contribution in [2.75, 3.05) is 6.54 Å². The number of hydrogen-bond acceptors (Lipinski definition) is 3. The number of carboxylic acid groups (broad SMARTS) is 1. The SMILES string of the molecule is CC(C)C[C@@H](N)C(=O)N1CCCC[C@H]1C(=O)O. The summed E-state index contributed by atoms with van der Waals surface area (Å²) in [5.41, 5.74) is 5.83. The van der Waals surface area contributed by atoms with Crippen LogP contribution in [-0.4, -0.2) is 40.5 Å². The van der Waals surface area contributed by atoms with Gasteiger partial charge in [0.1, 0.15) is 6.04 Å². The largest absolute Gasteiger partial charge is 0.480 e. The predicted molar refractivity (Wildman–Crippen MR) is 64.4 cm³/mol. The molecule has 3 N–H and O–H groups in total. The van der Waals surface area contributed by atoms with Crippen molar-refractivity contribution in [1.29, 1.82) is 0 Å². The number of aliphatic carboxylic acids is 1. The molecule has 0 aromatic heterocycles. The summed E-state index contributed by atoms with van der Waals surface area (Å²) in [6, 6.07) is -1.26. The molecule has 98 valence electrons. The quantitative estimate of drug-likeness (QED) is 0.764. The highest BCUT2D eigenvalue weighted by atomic mass is 16.4. The molecule has 0 aromatic rings.